The molecule has 1 aliphatic carbocycles. The van der Waals surface area contributed by atoms with Crippen LogP contribution in [0, 0.1) is 0 Å². The number of hydrogen-bond acceptors (Lipinski definition) is 4. The quantitative estimate of drug-likeness (QED) is 0.168. The molecule has 63 heavy (non-hydrogen) atoms. The molecule has 0 N–H and O–H groups in total. The van der Waals surface area contributed by atoms with Crippen LogP contribution >= 0.6 is 0 Å². The Kier molecular flexibility index (Phi) is 7.93. The van der Waals surface area contributed by atoms with E-state index in [0.717, 1.165) is 44.8 Å². The van der Waals surface area contributed by atoms with Crippen LogP contribution in [0.4, 0.5) is 0 Å². The van der Waals surface area contributed by atoms with Gasteiger partial charge in [-0.1, -0.05) is 152 Å². The fraction of sp³-hybridized carbons (Fsp3) is 0.0351. The summed E-state index contributed by atoms with van der Waals surface area (Å²) in [5.74, 6) is 2.78. The van der Waals surface area contributed by atoms with Crippen LogP contribution in [0.25, 0.3) is 94.7 Å². The smallest absolute Gasteiger partial charge is 0.164 e. The van der Waals surface area contributed by atoms with E-state index in [2.05, 4.69) is 191 Å². The first-order valence-electron chi connectivity index (χ1n) is 21.4. The van der Waals surface area contributed by atoms with Crippen LogP contribution in [0.15, 0.2) is 212 Å². The average molecular weight is 808 g/mol. The Morgan fingerprint density at radius 1 is 0.413 bits per heavy atom. The fourth-order valence-corrected chi connectivity index (χ4v) is 9.92. The van der Waals surface area contributed by atoms with Gasteiger partial charge in [-0.2, -0.15) is 0 Å². The standard InChI is InChI=1S/C57H37N5O/c1-4-15-36(16-5-1)42-23-14-26-50-52(42)47-32-29-39(35-51(47)63-50)57-59-55(37-17-6-2-7-18-37)58-56(60-57)38-27-30-41(31-28-38)62-49-25-13-11-22-44(49)46-34-33-45-43-21-10-12-24-48(43)61(53(45)54(46)62)40-19-8-3-9-20-40/h1-35,50,52H. The lowest BCUT2D eigenvalue weighted by Gasteiger charge is -2.22. The van der Waals surface area contributed by atoms with Gasteiger partial charge < -0.3 is 13.9 Å². The third-order valence-electron chi connectivity index (χ3n) is 12.8. The van der Waals surface area contributed by atoms with E-state index in [4.69, 9.17) is 19.7 Å². The average Bonchev–Trinajstić information content (AvgIpc) is 4.02. The van der Waals surface area contributed by atoms with E-state index in [1.165, 1.54) is 49.3 Å². The molecule has 6 nitrogen and oxygen atoms in total. The molecular formula is C57H37N5O. The van der Waals surface area contributed by atoms with Gasteiger partial charge in [-0.05, 0) is 71.8 Å². The zero-order chi connectivity index (χ0) is 41.4. The molecule has 1 aliphatic heterocycles. The molecule has 0 saturated heterocycles. The molecule has 296 valence electrons. The van der Waals surface area contributed by atoms with Crippen LogP contribution in [-0.2, 0) is 0 Å². The largest absolute Gasteiger partial charge is 0.485 e. The molecule has 8 aromatic carbocycles. The predicted molar refractivity (Wildman–Crippen MR) is 256 cm³/mol. The van der Waals surface area contributed by atoms with Crippen molar-refractivity contribution in [3.8, 4) is 51.3 Å². The molecule has 0 saturated carbocycles. The van der Waals surface area contributed by atoms with Gasteiger partial charge >= 0.3 is 0 Å². The molecule has 3 aromatic heterocycles. The molecule has 0 radical (unpaired) electrons. The number of benzene rings is 8. The van der Waals surface area contributed by atoms with Gasteiger partial charge in [-0.15, -0.1) is 0 Å². The highest BCUT2D eigenvalue weighted by molar-refractivity contribution is 6.23. The van der Waals surface area contributed by atoms with Gasteiger partial charge in [-0.3, -0.25) is 0 Å². The predicted octanol–water partition coefficient (Wildman–Crippen LogP) is 13.6. The number of ether oxygens (including phenoxy) is 1. The highest BCUT2D eigenvalue weighted by Crippen LogP contribution is 2.49. The maximum absolute atomic E-state index is 6.64. The van der Waals surface area contributed by atoms with Gasteiger partial charge in [0.25, 0.3) is 0 Å². The van der Waals surface area contributed by atoms with Crippen molar-refractivity contribution in [2.75, 3.05) is 0 Å². The Labute approximate surface area is 363 Å². The third kappa shape index (κ3) is 5.62. The van der Waals surface area contributed by atoms with Crippen molar-refractivity contribution in [1.29, 1.82) is 0 Å². The maximum Gasteiger partial charge on any atom is 0.164 e. The maximum atomic E-state index is 6.64. The lowest BCUT2D eigenvalue weighted by Crippen LogP contribution is -2.19. The van der Waals surface area contributed by atoms with Crippen molar-refractivity contribution in [1.82, 2.24) is 24.1 Å². The van der Waals surface area contributed by atoms with Crippen LogP contribution in [0.3, 0.4) is 0 Å². The molecular weight excluding hydrogens is 771 g/mol. The summed E-state index contributed by atoms with van der Waals surface area (Å²) in [6.45, 7) is 0. The Morgan fingerprint density at radius 2 is 0.905 bits per heavy atom. The summed E-state index contributed by atoms with van der Waals surface area (Å²) < 4.78 is 11.5. The molecule has 11 aromatic rings. The number of aromatic nitrogens is 5. The summed E-state index contributed by atoms with van der Waals surface area (Å²) in [6.07, 6.45) is 6.40. The molecule has 13 rings (SSSR count). The second-order valence-electron chi connectivity index (χ2n) is 16.3. The van der Waals surface area contributed by atoms with Crippen molar-refractivity contribution < 1.29 is 4.74 Å². The minimum Gasteiger partial charge on any atom is -0.485 e. The van der Waals surface area contributed by atoms with Crippen molar-refractivity contribution in [3.05, 3.63) is 223 Å². The van der Waals surface area contributed by atoms with E-state index in [1.54, 1.807) is 0 Å². The first-order chi connectivity index (χ1) is 31.2. The lowest BCUT2D eigenvalue weighted by atomic mass is 9.81. The van der Waals surface area contributed by atoms with Crippen LogP contribution in [-0.4, -0.2) is 30.2 Å². The van der Waals surface area contributed by atoms with Gasteiger partial charge in [0.05, 0.1) is 28.0 Å². The number of rotatable bonds is 6. The highest BCUT2D eigenvalue weighted by Gasteiger charge is 2.37. The van der Waals surface area contributed by atoms with E-state index in [-0.39, 0.29) is 12.0 Å². The molecule has 0 amide bonds. The molecule has 2 atom stereocenters. The Balaban J connectivity index is 0.951. The fourth-order valence-electron chi connectivity index (χ4n) is 9.92. The van der Waals surface area contributed by atoms with Crippen molar-refractivity contribution >= 4 is 49.2 Å². The van der Waals surface area contributed by atoms with Gasteiger partial charge in [0.1, 0.15) is 11.9 Å². The normalized spacial score (nSPS) is 15.5. The minimum atomic E-state index is -0.0740. The van der Waals surface area contributed by atoms with Crippen molar-refractivity contribution in [2.45, 2.75) is 12.0 Å². The molecule has 0 spiro atoms. The summed E-state index contributed by atoms with van der Waals surface area (Å²) >= 11 is 0. The van der Waals surface area contributed by atoms with E-state index in [9.17, 15) is 0 Å². The Morgan fingerprint density at radius 3 is 1.52 bits per heavy atom. The topological polar surface area (TPSA) is 57.8 Å². The summed E-state index contributed by atoms with van der Waals surface area (Å²) in [5.41, 5.74) is 13.2. The number of para-hydroxylation sites is 3. The van der Waals surface area contributed by atoms with E-state index >= 15 is 0 Å². The number of nitrogens with zero attached hydrogens (tertiary/aromatic N) is 5. The Bertz CT molecular complexity index is 3640. The van der Waals surface area contributed by atoms with Crippen LogP contribution in [0.5, 0.6) is 5.75 Å². The summed E-state index contributed by atoms with van der Waals surface area (Å²) in [6, 6.07) is 68.5. The van der Waals surface area contributed by atoms with Crippen molar-refractivity contribution in [2.24, 2.45) is 0 Å². The molecule has 2 unspecified atom stereocenters. The van der Waals surface area contributed by atoms with Gasteiger partial charge in [0.15, 0.2) is 17.5 Å². The monoisotopic (exact) mass is 807 g/mol. The second-order valence-corrected chi connectivity index (χ2v) is 16.3. The second kappa shape index (κ2) is 14.1. The van der Waals surface area contributed by atoms with Crippen LogP contribution in [0.2, 0.25) is 0 Å². The van der Waals surface area contributed by atoms with Gasteiger partial charge in [0, 0.05) is 55.2 Å². The zero-order valence-corrected chi connectivity index (χ0v) is 34.0. The number of fused-ring (bicyclic) bond motifs is 10. The molecule has 6 heteroatoms. The SMILES string of the molecule is C1=CC2Oc3cc(-c4nc(-c5ccccc5)nc(-c5ccc(-n6c7ccccc7c7ccc8c9ccccc9n(-c9ccccc9)c8c76)cc5)n4)ccc3C2C(c2ccccc2)=C1. The molecule has 0 bridgehead atoms. The van der Waals surface area contributed by atoms with E-state index in [0.29, 0.717) is 17.5 Å². The van der Waals surface area contributed by atoms with Gasteiger partial charge in [-0.25, -0.2) is 15.0 Å². The van der Waals surface area contributed by atoms with E-state index < -0.39 is 0 Å². The number of hydrogen-bond donors (Lipinski definition) is 0. The summed E-state index contributed by atoms with van der Waals surface area (Å²) in [5, 5.41) is 4.86. The van der Waals surface area contributed by atoms with E-state index in [1.807, 2.05) is 30.3 Å². The summed E-state index contributed by atoms with van der Waals surface area (Å²) in [4.78, 5) is 15.3. The van der Waals surface area contributed by atoms with Crippen LogP contribution < -0.4 is 4.74 Å². The molecule has 2 aliphatic rings. The molecule has 4 heterocycles. The van der Waals surface area contributed by atoms with Crippen LogP contribution in [0.1, 0.15) is 17.0 Å². The number of allylic oxidation sites excluding steroid dienone is 2. The minimum absolute atomic E-state index is 0.0740. The zero-order valence-electron chi connectivity index (χ0n) is 34.0. The Hall–Kier alpha value is -8.35. The summed E-state index contributed by atoms with van der Waals surface area (Å²) in [7, 11) is 0. The first-order valence-corrected chi connectivity index (χ1v) is 21.4. The third-order valence-corrected chi connectivity index (χ3v) is 12.8. The first kappa shape index (κ1) is 35.4. The highest BCUT2D eigenvalue weighted by atomic mass is 16.5. The van der Waals surface area contributed by atoms with Crippen molar-refractivity contribution in [3.63, 3.8) is 0 Å². The molecule has 0 fully saturated rings. The lowest BCUT2D eigenvalue weighted by molar-refractivity contribution is 0.271. The van der Waals surface area contributed by atoms with Gasteiger partial charge in [0.2, 0.25) is 0 Å².